The van der Waals surface area contributed by atoms with Gasteiger partial charge in [0.25, 0.3) is 5.91 Å². The number of carbonyl (C=O) groups is 4. The van der Waals surface area contributed by atoms with Crippen molar-refractivity contribution < 1.29 is 38.9 Å². The van der Waals surface area contributed by atoms with Crippen LogP contribution in [0.15, 0.2) is 71.1 Å². The number of rotatable bonds is 5. The molecule has 0 fully saturated rings. The average Bonchev–Trinajstić information content (AvgIpc) is 2.91. The lowest BCUT2D eigenvalue weighted by Crippen LogP contribution is -2.37. The Balaban J connectivity index is 2.59. The lowest BCUT2D eigenvalue weighted by molar-refractivity contribution is -0.120. The van der Waals surface area contributed by atoms with E-state index in [-0.39, 0.29) is 41.4 Å². The molecule has 0 aromatic carbocycles. The van der Waals surface area contributed by atoms with Gasteiger partial charge in [-0.1, -0.05) is 44.2 Å². The highest BCUT2D eigenvalue weighted by Crippen LogP contribution is 2.28. The quantitative estimate of drug-likeness (QED) is 0.243. The molecule has 2 aliphatic rings. The van der Waals surface area contributed by atoms with Crippen molar-refractivity contribution in [1.82, 2.24) is 10.6 Å². The molecule has 1 aliphatic carbocycles. The van der Waals surface area contributed by atoms with Gasteiger partial charge in [0, 0.05) is 36.8 Å². The Kier molecular flexibility index (Phi) is 12.4. The molecule has 11 nitrogen and oxygen atoms in total. The van der Waals surface area contributed by atoms with Crippen molar-refractivity contribution in [2.24, 2.45) is 17.6 Å². The second-order valence-electron chi connectivity index (χ2n) is 10.4. The van der Waals surface area contributed by atoms with E-state index in [1.54, 1.807) is 26.0 Å². The number of ketones is 2. The minimum Gasteiger partial charge on any atom is -0.439 e. The lowest BCUT2D eigenvalue weighted by Gasteiger charge is -2.29. The Hall–Kier alpha value is -3.80. The van der Waals surface area contributed by atoms with Crippen LogP contribution >= 0.6 is 0 Å². The van der Waals surface area contributed by atoms with E-state index >= 15 is 0 Å². The summed E-state index contributed by atoms with van der Waals surface area (Å²) in [6.07, 6.45) is 3.67. The molecule has 224 valence electrons. The van der Waals surface area contributed by atoms with Crippen LogP contribution in [0, 0.1) is 11.8 Å². The molecule has 2 amide bonds. The highest BCUT2D eigenvalue weighted by molar-refractivity contribution is 6.23. The number of hydrogen-bond donors (Lipinski definition) is 5. The molecule has 0 radical (unpaired) electrons. The van der Waals surface area contributed by atoms with Crippen molar-refractivity contribution in [2.75, 3.05) is 13.7 Å². The first-order chi connectivity index (χ1) is 19.3. The normalized spacial score (nSPS) is 32.1. The van der Waals surface area contributed by atoms with E-state index in [9.17, 15) is 29.4 Å². The molecule has 6 atom stereocenters. The highest BCUT2D eigenvalue weighted by Gasteiger charge is 2.33. The summed E-state index contributed by atoms with van der Waals surface area (Å²) in [5.41, 5.74) is 6.04. The second-order valence-corrected chi connectivity index (χ2v) is 10.4. The van der Waals surface area contributed by atoms with Crippen molar-refractivity contribution >= 4 is 23.6 Å². The van der Waals surface area contributed by atoms with Crippen LogP contribution in [0.25, 0.3) is 0 Å². The number of primary amides is 1. The summed E-state index contributed by atoms with van der Waals surface area (Å²) in [6, 6.07) is 0. The molecule has 41 heavy (non-hydrogen) atoms. The summed E-state index contributed by atoms with van der Waals surface area (Å²) >= 11 is 0. The van der Waals surface area contributed by atoms with Gasteiger partial charge in [0.05, 0.1) is 23.6 Å². The molecule has 1 heterocycles. The number of carbonyl (C=O) groups excluding carboxylic acids is 4. The molecular weight excluding hydrogens is 530 g/mol. The maximum absolute atomic E-state index is 13.5. The van der Waals surface area contributed by atoms with Gasteiger partial charge in [0.15, 0.2) is 6.10 Å². The minimum absolute atomic E-state index is 0.136. The predicted octanol–water partition coefficient (Wildman–Crippen LogP) is 1.88. The van der Waals surface area contributed by atoms with Crippen LogP contribution in [0.1, 0.15) is 40.5 Å². The zero-order valence-corrected chi connectivity index (χ0v) is 24.2. The number of methoxy groups -OCH3 is 1. The summed E-state index contributed by atoms with van der Waals surface area (Å²) in [7, 11) is 1.46. The molecule has 6 N–H and O–H groups in total. The number of nitrogens with two attached hydrogens (primary N) is 1. The molecular formula is C30H41N3O8. The Morgan fingerprint density at radius 1 is 1.24 bits per heavy atom. The smallest absolute Gasteiger partial charge is 0.405 e. The third-order valence-electron chi connectivity index (χ3n) is 6.96. The highest BCUT2D eigenvalue weighted by atomic mass is 16.6. The molecule has 2 bridgehead atoms. The number of allylic oxidation sites excluding steroid dienone is 4. The Bertz CT molecular complexity index is 1200. The zero-order valence-electron chi connectivity index (χ0n) is 24.2. The average molecular weight is 572 g/mol. The van der Waals surface area contributed by atoms with Gasteiger partial charge in [0.2, 0.25) is 11.6 Å². The Morgan fingerprint density at radius 3 is 2.54 bits per heavy atom. The van der Waals surface area contributed by atoms with Crippen molar-refractivity contribution in [1.29, 1.82) is 0 Å². The lowest BCUT2D eigenvalue weighted by atomic mass is 9.85. The van der Waals surface area contributed by atoms with Crippen LogP contribution < -0.4 is 16.4 Å². The van der Waals surface area contributed by atoms with Gasteiger partial charge >= 0.3 is 6.09 Å². The van der Waals surface area contributed by atoms with Crippen LogP contribution in [0.5, 0.6) is 0 Å². The molecule has 0 saturated heterocycles. The number of aliphatic hydroxyl groups excluding tert-OH is 2. The van der Waals surface area contributed by atoms with E-state index in [1.165, 1.54) is 32.3 Å². The standard InChI is InChI=1S/C30H41N3O8/c1-7-11-32-25-20-12-16(2)13-24(40-6)26(36)18(4)14-19(5)28(41-30(31)39)22(34)10-8-9-17(3)29(38)33-21(27(20)37)15-23(25)35/h7-10,14-16,18,22,24,26,28,32,34,36H,1,11-13H2,2-6H3,(H2,31,39)(H,33,38)/b10-8-,17-9-,19-14-/t16-,18+,22+,24+,26-,28+/m1/s1. The van der Waals surface area contributed by atoms with Gasteiger partial charge in [0.1, 0.15) is 6.10 Å². The van der Waals surface area contributed by atoms with Crippen LogP contribution in [0.4, 0.5) is 4.79 Å². The van der Waals surface area contributed by atoms with Crippen LogP contribution in [-0.2, 0) is 23.9 Å². The molecule has 0 unspecified atom stereocenters. The third kappa shape index (κ3) is 9.10. The van der Waals surface area contributed by atoms with E-state index in [0.717, 1.165) is 6.08 Å². The number of nitrogens with one attached hydrogen (secondary N) is 2. The van der Waals surface area contributed by atoms with Gasteiger partial charge in [-0.15, -0.1) is 6.58 Å². The van der Waals surface area contributed by atoms with Crippen LogP contribution in [0.3, 0.4) is 0 Å². The van der Waals surface area contributed by atoms with Gasteiger partial charge in [-0.25, -0.2) is 4.79 Å². The number of Topliss-reactive ketones (excluding diaryl/α,β-unsaturated/α-hetero) is 1. The fourth-order valence-electron chi connectivity index (χ4n) is 4.77. The van der Waals surface area contributed by atoms with Gasteiger partial charge in [-0.05, 0) is 38.2 Å². The van der Waals surface area contributed by atoms with Gasteiger partial charge in [-0.3, -0.25) is 14.4 Å². The second kappa shape index (κ2) is 15.3. The topological polar surface area (TPSA) is 177 Å². The molecule has 0 aromatic heterocycles. The fourth-order valence-corrected chi connectivity index (χ4v) is 4.77. The number of amides is 2. The van der Waals surface area contributed by atoms with Crippen molar-refractivity contribution in [3.63, 3.8) is 0 Å². The molecule has 1 aliphatic heterocycles. The first-order valence-corrected chi connectivity index (χ1v) is 13.4. The summed E-state index contributed by atoms with van der Waals surface area (Å²) in [6.45, 7) is 10.7. The summed E-state index contributed by atoms with van der Waals surface area (Å²) in [5, 5.41) is 27.3. The minimum atomic E-state index is -1.33. The van der Waals surface area contributed by atoms with Crippen LogP contribution in [0.2, 0.25) is 0 Å². The van der Waals surface area contributed by atoms with E-state index < -0.39 is 53.9 Å². The monoisotopic (exact) mass is 571 g/mol. The molecule has 0 aromatic rings. The number of aliphatic hydroxyl groups is 2. The predicted molar refractivity (Wildman–Crippen MR) is 153 cm³/mol. The number of fused-ring (bicyclic) bond motifs is 2. The largest absolute Gasteiger partial charge is 0.439 e. The van der Waals surface area contributed by atoms with Crippen LogP contribution in [-0.4, -0.2) is 71.9 Å². The van der Waals surface area contributed by atoms with E-state index in [0.29, 0.717) is 12.0 Å². The first kappa shape index (κ1) is 33.4. The molecule has 2 rings (SSSR count). The van der Waals surface area contributed by atoms with Gasteiger partial charge < -0.3 is 36.1 Å². The van der Waals surface area contributed by atoms with Crippen molar-refractivity contribution in [3.05, 3.63) is 71.1 Å². The third-order valence-corrected chi connectivity index (χ3v) is 6.96. The summed E-state index contributed by atoms with van der Waals surface area (Å²) in [4.78, 5) is 50.9. The first-order valence-electron chi connectivity index (χ1n) is 13.4. The Labute approximate surface area is 240 Å². The van der Waals surface area contributed by atoms with E-state index in [4.69, 9.17) is 15.2 Å². The molecule has 0 saturated carbocycles. The summed E-state index contributed by atoms with van der Waals surface area (Å²) in [5.74, 6) is -2.31. The van der Waals surface area contributed by atoms with E-state index in [2.05, 4.69) is 17.2 Å². The number of ether oxygens (including phenoxy) is 2. The molecule has 11 heteroatoms. The van der Waals surface area contributed by atoms with Crippen molar-refractivity contribution in [3.8, 4) is 0 Å². The van der Waals surface area contributed by atoms with E-state index in [1.807, 2.05) is 6.92 Å². The maximum Gasteiger partial charge on any atom is 0.405 e. The van der Waals surface area contributed by atoms with Crippen molar-refractivity contribution in [2.45, 2.75) is 65.0 Å². The zero-order chi connectivity index (χ0) is 30.9. The maximum atomic E-state index is 13.5. The molecule has 0 spiro atoms. The van der Waals surface area contributed by atoms with Gasteiger partial charge in [-0.2, -0.15) is 0 Å². The fraction of sp³-hybridized carbons (Fsp3) is 0.467. The Morgan fingerprint density at radius 2 is 1.93 bits per heavy atom. The SMILES string of the molecule is C=CCNC1=C2C[C@@H](C)C[C@H](OC)[C@H](O)[C@@H](C)/C=C(/C)[C@H](OC(N)=O)[C@@H](O)/C=C\C=C(\C)C(=O)NC(=CC1=O)C2=O. The summed E-state index contributed by atoms with van der Waals surface area (Å²) < 4.78 is 10.7. The number of hydrogen-bond acceptors (Lipinski definition) is 9.